The first kappa shape index (κ1) is 19.9. The van der Waals surface area contributed by atoms with Gasteiger partial charge in [-0.05, 0) is 45.2 Å². The SMILES string of the molecule is CC(C)C[C@@H](Nc1ccc2nnc(C(F)(F)F)n2n1)C(=O)OC(C)(C)C. The molecule has 0 aromatic carbocycles. The minimum absolute atomic E-state index is 0.0412. The van der Waals surface area contributed by atoms with Crippen LogP contribution in [0.2, 0.25) is 0 Å². The number of rotatable bonds is 5. The third-order valence-corrected chi connectivity index (χ3v) is 3.24. The number of aromatic nitrogens is 4. The topological polar surface area (TPSA) is 81.4 Å². The number of carbonyl (C=O) groups excluding carboxylic acids is 1. The van der Waals surface area contributed by atoms with Gasteiger partial charge in [-0.15, -0.1) is 15.3 Å². The van der Waals surface area contributed by atoms with Crippen molar-refractivity contribution in [1.29, 1.82) is 0 Å². The van der Waals surface area contributed by atoms with Crippen LogP contribution in [0, 0.1) is 5.92 Å². The minimum Gasteiger partial charge on any atom is -0.458 e. The number of nitrogens with one attached hydrogen (secondary N) is 1. The molecule has 1 N–H and O–H groups in total. The first-order valence-electron chi connectivity index (χ1n) is 8.16. The van der Waals surface area contributed by atoms with Crippen LogP contribution in [0.5, 0.6) is 0 Å². The lowest BCUT2D eigenvalue weighted by molar-refractivity contribution is -0.156. The molecule has 2 heterocycles. The normalized spacial score (nSPS) is 13.9. The van der Waals surface area contributed by atoms with E-state index in [0.717, 1.165) is 0 Å². The van der Waals surface area contributed by atoms with E-state index in [0.29, 0.717) is 10.9 Å². The summed E-state index contributed by atoms with van der Waals surface area (Å²) in [6.07, 6.45) is -4.25. The molecule has 0 aliphatic carbocycles. The van der Waals surface area contributed by atoms with E-state index in [9.17, 15) is 18.0 Å². The fraction of sp³-hybridized carbons (Fsp3) is 0.625. The second kappa shape index (κ2) is 7.08. The Kier molecular flexibility index (Phi) is 5.43. The highest BCUT2D eigenvalue weighted by Gasteiger charge is 2.37. The number of halogens is 3. The maximum atomic E-state index is 13.0. The Morgan fingerprint density at radius 1 is 1.23 bits per heavy atom. The Bertz CT molecular complexity index is 780. The molecular formula is C16H22F3N5O2. The van der Waals surface area contributed by atoms with Crippen LogP contribution in [0.25, 0.3) is 5.65 Å². The number of alkyl halides is 3. The summed E-state index contributed by atoms with van der Waals surface area (Å²) in [7, 11) is 0. The number of ether oxygens (including phenoxy) is 1. The molecule has 2 aromatic rings. The van der Waals surface area contributed by atoms with Gasteiger partial charge in [-0.1, -0.05) is 13.8 Å². The summed E-state index contributed by atoms with van der Waals surface area (Å²) in [5.41, 5.74) is -0.719. The van der Waals surface area contributed by atoms with Gasteiger partial charge in [-0.25, -0.2) is 4.79 Å². The van der Waals surface area contributed by atoms with Crippen LogP contribution >= 0.6 is 0 Å². The second-order valence-electron chi connectivity index (χ2n) is 7.37. The van der Waals surface area contributed by atoms with Crippen LogP contribution in [0.15, 0.2) is 12.1 Å². The Hall–Kier alpha value is -2.39. The molecule has 0 fully saturated rings. The molecular weight excluding hydrogens is 351 g/mol. The van der Waals surface area contributed by atoms with Crippen molar-refractivity contribution in [3.63, 3.8) is 0 Å². The van der Waals surface area contributed by atoms with E-state index in [1.807, 2.05) is 13.8 Å². The van der Waals surface area contributed by atoms with Crippen molar-refractivity contribution >= 4 is 17.4 Å². The summed E-state index contributed by atoms with van der Waals surface area (Å²) in [6, 6.07) is 2.05. The molecule has 0 aliphatic heterocycles. The third kappa shape index (κ3) is 5.06. The summed E-state index contributed by atoms with van der Waals surface area (Å²) < 4.78 is 44.9. The molecule has 144 valence electrons. The smallest absolute Gasteiger partial charge is 0.453 e. The van der Waals surface area contributed by atoms with E-state index < -0.39 is 29.6 Å². The number of esters is 1. The van der Waals surface area contributed by atoms with E-state index in [1.165, 1.54) is 12.1 Å². The minimum atomic E-state index is -4.69. The number of anilines is 1. The summed E-state index contributed by atoms with van der Waals surface area (Å²) in [5, 5.41) is 13.3. The average molecular weight is 373 g/mol. The first-order valence-corrected chi connectivity index (χ1v) is 8.16. The highest BCUT2D eigenvalue weighted by atomic mass is 19.4. The van der Waals surface area contributed by atoms with Crippen molar-refractivity contribution in [2.45, 2.75) is 58.9 Å². The molecule has 7 nitrogen and oxygen atoms in total. The van der Waals surface area contributed by atoms with Gasteiger partial charge in [0.25, 0.3) is 5.82 Å². The monoisotopic (exact) mass is 373 g/mol. The third-order valence-electron chi connectivity index (χ3n) is 3.24. The largest absolute Gasteiger partial charge is 0.458 e. The van der Waals surface area contributed by atoms with Crippen LogP contribution in [-0.4, -0.2) is 37.4 Å². The van der Waals surface area contributed by atoms with Gasteiger partial charge in [0.2, 0.25) is 0 Å². The van der Waals surface area contributed by atoms with Crippen molar-refractivity contribution in [3.05, 3.63) is 18.0 Å². The molecule has 0 saturated carbocycles. The predicted molar refractivity (Wildman–Crippen MR) is 88.5 cm³/mol. The molecule has 0 spiro atoms. The van der Waals surface area contributed by atoms with Crippen molar-refractivity contribution in [3.8, 4) is 0 Å². The molecule has 2 rings (SSSR count). The number of hydrogen-bond acceptors (Lipinski definition) is 6. The van der Waals surface area contributed by atoms with Crippen molar-refractivity contribution in [1.82, 2.24) is 19.8 Å². The lowest BCUT2D eigenvalue weighted by Crippen LogP contribution is -2.37. The summed E-state index contributed by atoms with van der Waals surface area (Å²) in [5.74, 6) is -1.47. The lowest BCUT2D eigenvalue weighted by atomic mass is 10.0. The van der Waals surface area contributed by atoms with E-state index in [4.69, 9.17) is 4.74 Å². The highest BCUT2D eigenvalue weighted by Crippen LogP contribution is 2.27. The van der Waals surface area contributed by atoms with E-state index in [2.05, 4.69) is 20.6 Å². The molecule has 0 radical (unpaired) electrons. The molecule has 0 unspecified atom stereocenters. The van der Waals surface area contributed by atoms with Gasteiger partial charge in [-0.3, -0.25) is 0 Å². The number of hydrogen-bond donors (Lipinski definition) is 1. The molecule has 0 saturated heterocycles. The van der Waals surface area contributed by atoms with Gasteiger partial charge in [0.1, 0.15) is 17.5 Å². The fourth-order valence-electron chi connectivity index (χ4n) is 2.28. The molecule has 0 bridgehead atoms. The maximum absolute atomic E-state index is 13.0. The maximum Gasteiger partial charge on any atom is 0.453 e. The Morgan fingerprint density at radius 2 is 1.88 bits per heavy atom. The van der Waals surface area contributed by atoms with Gasteiger partial charge >= 0.3 is 12.1 Å². The van der Waals surface area contributed by atoms with Gasteiger partial charge in [-0.2, -0.15) is 17.7 Å². The molecule has 26 heavy (non-hydrogen) atoms. The molecule has 1 atom stereocenters. The zero-order valence-corrected chi connectivity index (χ0v) is 15.3. The van der Waals surface area contributed by atoms with E-state index >= 15 is 0 Å². The molecule has 0 amide bonds. The number of nitrogens with zero attached hydrogens (tertiary/aromatic N) is 4. The van der Waals surface area contributed by atoms with Crippen LogP contribution in [0.1, 0.15) is 46.9 Å². The van der Waals surface area contributed by atoms with Gasteiger partial charge in [0, 0.05) is 0 Å². The van der Waals surface area contributed by atoms with Crippen molar-refractivity contribution in [2.75, 3.05) is 5.32 Å². The number of fused-ring (bicyclic) bond motifs is 1. The summed E-state index contributed by atoms with van der Waals surface area (Å²) in [6.45, 7) is 9.09. The van der Waals surface area contributed by atoms with Gasteiger partial charge in [0.15, 0.2) is 5.65 Å². The summed E-state index contributed by atoms with van der Waals surface area (Å²) >= 11 is 0. The van der Waals surface area contributed by atoms with Gasteiger partial charge in [0.05, 0.1) is 0 Å². The standard InChI is InChI=1S/C16H22F3N5O2/c1-9(2)8-10(13(25)26-15(3,4)5)20-11-6-7-12-21-22-14(16(17,18)19)24(12)23-11/h6-7,9-10H,8H2,1-5H3,(H,20,23)/t10-/m1/s1. The quantitative estimate of drug-likeness (QED) is 0.810. The average Bonchev–Trinajstić information content (AvgIpc) is 2.87. The number of carbonyl (C=O) groups is 1. The van der Waals surface area contributed by atoms with Gasteiger partial charge < -0.3 is 10.1 Å². The Balaban J connectivity index is 2.31. The van der Waals surface area contributed by atoms with E-state index in [-0.39, 0.29) is 17.4 Å². The highest BCUT2D eigenvalue weighted by molar-refractivity contribution is 5.79. The molecule has 2 aromatic heterocycles. The van der Waals surface area contributed by atoms with Crippen LogP contribution in [0.4, 0.5) is 19.0 Å². The molecule has 0 aliphatic rings. The second-order valence-corrected chi connectivity index (χ2v) is 7.37. The molecule has 10 heteroatoms. The first-order chi connectivity index (χ1) is 11.9. The van der Waals surface area contributed by atoms with Crippen LogP contribution in [0.3, 0.4) is 0 Å². The summed E-state index contributed by atoms with van der Waals surface area (Å²) in [4.78, 5) is 12.4. The van der Waals surface area contributed by atoms with E-state index in [1.54, 1.807) is 20.8 Å². The predicted octanol–water partition coefficient (Wildman–Crippen LogP) is 3.31. The zero-order chi connectivity index (χ0) is 19.7. The van der Waals surface area contributed by atoms with Crippen LogP contribution in [-0.2, 0) is 15.7 Å². The zero-order valence-electron chi connectivity index (χ0n) is 15.3. The Labute approximate surface area is 148 Å². The Morgan fingerprint density at radius 3 is 2.42 bits per heavy atom. The lowest BCUT2D eigenvalue weighted by Gasteiger charge is -2.25. The van der Waals surface area contributed by atoms with Crippen molar-refractivity contribution in [2.24, 2.45) is 5.92 Å². The van der Waals surface area contributed by atoms with Crippen molar-refractivity contribution < 1.29 is 22.7 Å². The van der Waals surface area contributed by atoms with Crippen LogP contribution < -0.4 is 5.32 Å². The fourth-order valence-corrected chi connectivity index (χ4v) is 2.28.